The molecule has 0 spiro atoms. The van der Waals surface area contributed by atoms with Gasteiger partial charge in [0.05, 0.1) is 27.4 Å². The van der Waals surface area contributed by atoms with Crippen LogP contribution in [0.3, 0.4) is 0 Å². The Morgan fingerprint density at radius 2 is 1.61 bits per heavy atom. The number of aryl methyl sites for hydroxylation is 1. The second-order valence-electron chi connectivity index (χ2n) is 8.30. The van der Waals surface area contributed by atoms with Crippen LogP contribution < -0.4 is 18.9 Å². The molecule has 0 saturated heterocycles. The van der Waals surface area contributed by atoms with Gasteiger partial charge in [-0.3, -0.25) is 14.7 Å². The molecule has 3 rings (SSSR count). The number of rotatable bonds is 13. The number of pyridine rings is 1. The molecule has 0 radical (unpaired) electrons. The number of hydrogen-bond donors (Lipinski definition) is 0. The SMILES string of the molecule is CCOC(=O)CN(Cc1ccc(OC)c(OCCc2ccc(CC)cn2)c1)C(=O)Oc1ccc(OC)cc1. The van der Waals surface area contributed by atoms with Crippen LogP contribution in [0.25, 0.3) is 0 Å². The summed E-state index contributed by atoms with van der Waals surface area (Å²) in [7, 11) is 3.11. The van der Waals surface area contributed by atoms with Crippen molar-refractivity contribution < 1.29 is 33.3 Å². The van der Waals surface area contributed by atoms with Crippen molar-refractivity contribution >= 4 is 12.1 Å². The second-order valence-corrected chi connectivity index (χ2v) is 8.30. The summed E-state index contributed by atoms with van der Waals surface area (Å²) < 4.78 is 27.1. The van der Waals surface area contributed by atoms with Crippen molar-refractivity contribution in [3.63, 3.8) is 0 Å². The Kier molecular flexibility index (Phi) is 10.8. The Balaban J connectivity index is 1.71. The van der Waals surface area contributed by atoms with E-state index in [2.05, 4.69) is 18.0 Å². The number of amides is 1. The highest BCUT2D eigenvalue weighted by atomic mass is 16.6. The van der Waals surface area contributed by atoms with Gasteiger partial charge in [-0.25, -0.2) is 4.79 Å². The predicted molar refractivity (Wildman–Crippen MR) is 142 cm³/mol. The molecule has 1 aromatic heterocycles. The number of hydrogen-bond acceptors (Lipinski definition) is 8. The maximum Gasteiger partial charge on any atom is 0.416 e. The Morgan fingerprint density at radius 1 is 0.868 bits per heavy atom. The molecule has 202 valence electrons. The predicted octanol–water partition coefficient (Wildman–Crippen LogP) is 4.85. The van der Waals surface area contributed by atoms with E-state index in [-0.39, 0.29) is 19.7 Å². The van der Waals surface area contributed by atoms with E-state index in [4.69, 9.17) is 23.7 Å². The minimum absolute atomic E-state index is 0.0915. The maximum atomic E-state index is 13.0. The average molecular weight is 523 g/mol. The van der Waals surface area contributed by atoms with E-state index < -0.39 is 12.1 Å². The summed E-state index contributed by atoms with van der Waals surface area (Å²) in [6.07, 6.45) is 2.75. The molecule has 38 heavy (non-hydrogen) atoms. The number of carbonyl (C=O) groups is 2. The number of nitrogens with zero attached hydrogens (tertiary/aromatic N) is 2. The first kappa shape index (κ1) is 28.3. The van der Waals surface area contributed by atoms with Crippen LogP contribution in [0.4, 0.5) is 4.79 Å². The van der Waals surface area contributed by atoms with Crippen LogP contribution >= 0.6 is 0 Å². The van der Waals surface area contributed by atoms with Gasteiger partial charge in [-0.15, -0.1) is 0 Å². The smallest absolute Gasteiger partial charge is 0.416 e. The Morgan fingerprint density at radius 3 is 2.24 bits per heavy atom. The molecule has 0 saturated carbocycles. The number of aromatic nitrogens is 1. The van der Waals surface area contributed by atoms with E-state index in [1.165, 1.54) is 10.5 Å². The molecular formula is C29H34N2O7. The van der Waals surface area contributed by atoms with Crippen molar-refractivity contribution in [1.82, 2.24) is 9.88 Å². The molecule has 0 unspecified atom stereocenters. The number of esters is 1. The topological polar surface area (TPSA) is 96.4 Å². The van der Waals surface area contributed by atoms with Gasteiger partial charge in [-0.05, 0) is 66.9 Å². The zero-order valence-electron chi connectivity index (χ0n) is 22.3. The van der Waals surface area contributed by atoms with Gasteiger partial charge < -0.3 is 23.7 Å². The number of methoxy groups -OCH3 is 2. The Hall–Kier alpha value is -4.27. The van der Waals surface area contributed by atoms with Crippen LogP contribution in [0, 0.1) is 0 Å². The summed E-state index contributed by atoms with van der Waals surface area (Å²) in [6.45, 7) is 4.21. The summed E-state index contributed by atoms with van der Waals surface area (Å²) in [5.74, 6) is 1.50. The zero-order chi connectivity index (χ0) is 27.3. The van der Waals surface area contributed by atoms with Crippen molar-refractivity contribution in [2.45, 2.75) is 33.2 Å². The maximum absolute atomic E-state index is 13.0. The highest BCUT2D eigenvalue weighted by Gasteiger charge is 2.21. The van der Waals surface area contributed by atoms with Crippen LogP contribution in [0.1, 0.15) is 30.7 Å². The lowest BCUT2D eigenvalue weighted by atomic mass is 10.2. The fourth-order valence-corrected chi connectivity index (χ4v) is 3.59. The molecule has 9 heteroatoms. The van der Waals surface area contributed by atoms with Gasteiger partial charge in [0.2, 0.25) is 0 Å². The zero-order valence-corrected chi connectivity index (χ0v) is 22.3. The fourth-order valence-electron chi connectivity index (χ4n) is 3.59. The van der Waals surface area contributed by atoms with E-state index in [1.54, 1.807) is 63.6 Å². The highest BCUT2D eigenvalue weighted by molar-refractivity contribution is 5.79. The third-order valence-electron chi connectivity index (χ3n) is 5.66. The highest BCUT2D eigenvalue weighted by Crippen LogP contribution is 2.29. The lowest BCUT2D eigenvalue weighted by molar-refractivity contribution is -0.144. The molecule has 1 heterocycles. The molecule has 0 bridgehead atoms. The van der Waals surface area contributed by atoms with Crippen molar-refractivity contribution in [1.29, 1.82) is 0 Å². The van der Waals surface area contributed by atoms with Crippen LogP contribution in [-0.2, 0) is 28.9 Å². The third-order valence-corrected chi connectivity index (χ3v) is 5.66. The van der Waals surface area contributed by atoms with Gasteiger partial charge >= 0.3 is 12.1 Å². The van der Waals surface area contributed by atoms with Gasteiger partial charge in [0.15, 0.2) is 11.5 Å². The first-order chi connectivity index (χ1) is 18.4. The van der Waals surface area contributed by atoms with Crippen LogP contribution in [0.5, 0.6) is 23.0 Å². The molecule has 1 amide bonds. The van der Waals surface area contributed by atoms with Crippen molar-refractivity contribution in [2.75, 3.05) is 34.0 Å². The summed E-state index contributed by atoms with van der Waals surface area (Å²) in [6, 6.07) is 16.0. The van der Waals surface area contributed by atoms with Crippen LogP contribution in [-0.4, -0.2) is 55.9 Å². The second kappa shape index (κ2) is 14.5. The molecule has 0 aliphatic rings. The lowest BCUT2D eigenvalue weighted by Crippen LogP contribution is -2.38. The van der Waals surface area contributed by atoms with Gasteiger partial charge in [-0.2, -0.15) is 0 Å². The minimum atomic E-state index is -0.692. The van der Waals surface area contributed by atoms with Gasteiger partial charge in [-0.1, -0.05) is 19.1 Å². The number of carbonyl (C=O) groups excluding carboxylic acids is 2. The molecule has 9 nitrogen and oxygen atoms in total. The average Bonchev–Trinajstić information content (AvgIpc) is 2.93. The van der Waals surface area contributed by atoms with E-state index in [0.29, 0.717) is 36.0 Å². The standard InChI is InChI=1S/C29H34N2O7/c1-5-21-7-9-23(30-18-21)15-16-37-27-17-22(8-14-26(27)35-4)19-31(20-28(32)36-6-2)29(33)38-25-12-10-24(34-3)11-13-25/h7-14,17-18H,5-6,15-16,19-20H2,1-4H3. The molecule has 0 N–H and O–H groups in total. The van der Waals surface area contributed by atoms with Gasteiger partial charge in [0.1, 0.15) is 18.0 Å². The first-order valence-corrected chi connectivity index (χ1v) is 12.5. The number of benzene rings is 2. The molecule has 0 aliphatic heterocycles. The molecule has 0 fully saturated rings. The van der Waals surface area contributed by atoms with E-state index in [9.17, 15) is 9.59 Å². The summed E-state index contributed by atoms with van der Waals surface area (Å²) in [5.41, 5.74) is 2.84. The summed E-state index contributed by atoms with van der Waals surface area (Å²) in [4.78, 5) is 31.0. The van der Waals surface area contributed by atoms with Crippen molar-refractivity contribution in [3.8, 4) is 23.0 Å². The fraction of sp³-hybridized carbons (Fsp3) is 0.345. The molecule has 0 aliphatic carbocycles. The monoisotopic (exact) mass is 522 g/mol. The lowest BCUT2D eigenvalue weighted by Gasteiger charge is -2.22. The van der Waals surface area contributed by atoms with Gasteiger partial charge in [0, 0.05) is 24.9 Å². The largest absolute Gasteiger partial charge is 0.497 e. The third kappa shape index (κ3) is 8.40. The molecule has 3 aromatic rings. The summed E-state index contributed by atoms with van der Waals surface area (Å²) in [5, 5.41) is 0. The van der Waals surface area contributed by atoms with Crippen molar-refractivity contribution in [3.05, 3.63) is 77.6 Å². The van der Waals surface area contributed by atoms with Gasteiger partial charge in [0.25, 0.3) is 0 Å². The van der Waals surface area contributed by atoms with E-state index in [1.807, 2.05) is 12.3 Å². The van der Waals surface area contributed by atoms with Crippen LogP contribution in [0.2, 0.25) is 0 Å². The molecule has 0 atom stereocenters. The summed E-state index contributed by atoms with van der Waals surface area (Å²) >= 11 is 0. The molecule has 2 aromatic carbocycles. The minimum Gasteiger partial charge on any atom is -0.497 e. The molecular weight excluding hydrogens is 488 g/mol. The quantitative estimate of drug-likeness (QED) is 0.294. The Labute approximate surface area is 223 Å². The Bertz CT molecular complexity index is 1180. The number of ether oxygens (including phenoxy) is 5. The normalized spacial score (nSPS) is 10.4. The van der Waals surface area contributed by atoms with E-state index in [0.717, 1.165) is 17.7 Å². The van der Waals surface area contributed by atoms with E-state index >= 15 is 0 Å². The van der Waals surface area contributed by atoms with Crippen molar-refractivity contribution in [2.24, 2.45) is 0 Å². The van der Waals surface area contributed by atoms with Crippen LogP contribution in [0.15, 0.2) is 60.8 Å². The first-order valence-electron chi connectivity index (χ1n) is 12.5.